The zero-order valence-electron chi connectivity index (χ0n) is 10.9. The molecule has 0 saturated carbocycles. The second-order valence-corrected chi connectivity index (χ2v) is 5.81. The molecule has 1 aromatic heterocycles. The van der Waals surface area contributed by atoms with E-state index >= 15 is 0 Å². The molecule has 0 bridgehead atoms. The lowest BCUT2D eigenvalue weighted by Crippen LogP contribution is -2.32. The van der Waals surface area contributed by atoms with Gasteiger partial charge >= 0.3 is 0 Å². The average molecular weight is 253 g/mol. The van der Waals surface area contributed by atoms with Crippen molar-refractivity contribution in [1.82, 2.24) is 15.2 Å². The molecule has 2 rings (SSSR count). The fraction of sp³-hybridized carbons (Fsp3) is 0.769. The summed E-state index contributed by atoms with van der Waals surface area (Å²) >= 11 is 1.91. The van der Waals surface area contributed by atoms with E-state index in [1.165, 1.54) is 35.7 Å². The monoisotopic (exact) mass is 253 g/mol. The number of hydrogen-bond donors (Lipinski definition) is 1. The second kappa shape index (κ2) is 6.47. The molecule has 1 aromatic rings. The number of likely N-dealkylation sites (tertiary alicyclic amines) is 1. The maximum Gasteiger partial charge on any atom is 0.110 e. The number of rotatable bonds is 5. The highest BCUT2D eigenvalue weighted by molar-refractivity contribution is 7.11. The molecule has 0 spiro atoms. The highest BCUT2D eigenvalue weighted by Crippen LogP contribution is 2.32. The zero-order chi connectivity index (χ0) is 12.1. The van der Waals surface area contributed by atoms with Crippen LogP contribution >= 0.6 is 11.3 Å². The molecule has 1 aliphatic rings. The lowest BCUT2D eigenvalue weighted by molar-refractivity contribution is 0.157. The minimum Gasteiger partial charge on any atom is -0.319 e. The quantitative estimate of drug-likeness (QED) is 0.873. The Hall–Kier alpha value is -0.450. The van der Waals surface area contributed by atoms with Crippen LogP contribution in [-0.2, 0) is 6.42 Å². The summed E-state index contributed by atoms with van der Waals surface area (Å²) in [4.78, 5) is 8.63. The first-order chi connectivity index (χ1) is 8.35. The number of nitrogens with one attached hydrogen (secondary N) is 1. The molecular formula is C13H23N3S. The van der Waals surface area contributed by atoms with Gasteiger partial charge in [0.15, 0.2) is 0 Å². The number of thiazole rings is 1. The maximum atomic E-state index is 4.64. The first kappa shape index (κ1) is 13.0. The van der Waals surface area contributed by atoms with Gasteiger partial charge in [0.05, 0.1) is 6.04 Å². The van der Waals surface area contributed by atoms with Gasteiger partial charge in [-0.2, -0.15) is 0 Å². The van der Waals surface area contributed by atoms with Crippen LogP contribution in [0.4, 0.5) is 0 Å². The van der Waals surface area contributed by atoms with E-state index in [1.807, 2.05) is 18.4 Å². The summed E-state index contributed by atoms with van der Waals surface area (Å²) < 4.78 is 0. The summed E-state index contributed by atoms with van der Waals surface area (Å²) in [6, 6.07) is 0.585. The van der Waals surface area contributed by atoms with Crippen molar-refractivity contribution < 1.29 is 0 Å². The van der Waals surface area contributed by atoms with Crippen molar-refractivity contribution in [2.45, 2.75) is 38.6 Å². The number of nitrogens with zero attached hydrogens (tertiary/aromatic N) is 2. The topological polar surface area (TPSA) is 28.2 Å². The number of likely N-dealkylation sites (N-methyl/N-ethyl adjacent to an activating group) is 1. The number of aromatic nitrogens is 1. The first-order valence-electron chi connectivity index (χ1n) is 6.68. The van der Waals surface area contributed by atoms with Crippen LogP contribution in [-0.4, -0.2) is 36.6 Å². The summed E-state index contributed by atoms with van der Waals surface area (Å²) in [5, 5.41) is 4.52. The minimum absolute atomic E-state index is 0.585. The van der Waals surface area contributed by atoms with E-state index in [9.17, 15) is 0 Å². The van der Waals surface area contributed by atoms with Crippen LogP contribution in [0.25, 0.3) is 0 Å². The Labute approximate surface area is 108 Å². The SMILES string of the molecule is CCN1CCCCC1c1ncc(CCNC)s1. The van der Waals surface area contributed by atoms with Crippen molar-refractivity contribution in [3.8, 4) is 0 Å². The van der Waals surface area contributed by atoms with Crippen molar-refractivity contribution in [3.63, 3.8) is 0 Å². The molecule has 0 radical (unpaired) electrons. The largest absolute Gasteiger partial charge is 0.319 e. The molecule has 2 heterocycles. The van der Waals surface area contributed by atoms with Crippen LogP contribution in [0.15, 0.2) is 6.20 Å². The molecular weight excluding hydrogens is 230 g/mol. The molecule has 1 unspecified atom stereocenters. The third-order valence-electron chi connectivity index (χ3n) is 3.50. The van der Waals surface area contributed by atoms with Gasteiger partial charge < -0.3 is 5.32 Å². The van der Waals surface area contributed by atoms with Gasteiger partial charge in [-0.25, -0.2) is 4.98 Å². The fourth-order valence-corrected chi connectivity index (χ4v) is 3.58. The molecule has 1 aliphatic heterocycles. The predicted molar refractivity (Wildman–Crippen MR) is 73.6 cm³/mol. The Morgan fingerprint density at radius 3 is 3.18 bits per heavy atom. The van der Waals surface area contributed by atoms with Crippen LogP contribution in [0.1, 0.15) is 42.1 Å². The number of piperidine rings is 1. The summed E-state index contributed by atoms with van der Waals surface area (Å²) in [5.41, 5.74) is 0. The molecule has 1 N–H and O–H groups in total. The van der Waals surface area contributed by atoms with E-state index in [0.29, 0.717) is 6.04 Å². The van der Waals surface area contributed by atoms with Gasteiger partial charge in [-0.05, 0) is 45.9 Å². The van der Waals surface area contributed by atoms with Crippen LogP contribution in [0, 0.1) is 0 Å². The molecule has 1 fully saturated rings. The van der Waals surface area contributed by atoms with E-state index in [2.05, 4.69) is 28.3 Å². The predicted octanol–water partition coefficient (Wildman–Crippen LogP) is 2.45. The molecule has 0 amide bonds. The van der Waals surface area contributed by atoms with Crippen molar-refractivity contribution in [1.29, 1.82) is 0 Å². The second-order valence-electron chi connectivity index (χ2n) is 4.66. The van der Waals surface area contributed by atoms with E-state index in [1.54, 1.807) is 0 Å². The summed E-state index contributed by atoms with van der Waals surface area (Å²) in [6.07, 6.45) is 7.16. The Balaban J connectivity index is 2.02. The van der Waals surface area contributed by atoms with Gasteiger partial charge in [-0.15, -0.1) is 11.3 Å². The highest BCUT2D eigenvalue weighted by atomic mass is 32.1. The van der Waals surface area contributed by atoms with Crippen LogP contribution in [0.3, 0.4) is 0 Å². The molecule has 17 heavy (non-hydrogen) atoms. The third kappa shape index (κ3) is 3.27. The van der Waals surface area contributed by atoms with Crippen LogP contribution < -0.4 is 5.32 Å². The normalized spacial score (nSPS) is 21.9. The minimum atomic E-state index is 0.585. The maximum absolute atomic E-state index is 4.64. The Bertz CT molecular complexity index is 337. The molecule has 0 aliphatic carbocycles. The highest BCUT2D eigenvalue weighted by Gasteiger charge is 2.24. The summed E-state index contributed by atoms with van der Waals surface area (Å²) in [7, 11) is 2.00. The lowest BCUT2D eigenvalue weighted by Gasteiger charge is -2.33. The van der Waals surface area contributed by atoms with Gasteiger partial charge in [0.1, 0.15) is 5.01 Å². The number of hydrogen-bond acceptors (Lipinski definition) is 4. The molecule has 1 atom stereocenters. The van der Waals surface area contributed by atoms with Crippen molar-refractivity contribution in [2.24, 2.45) is 0 Å². The zero-order valence-corrected chi connectivity index (χ0v) is 11.7. The third-order valence-corrected chi connectivity index (χ3v) is 4.66. The Morgan fingerprint density at radius 1 is 1.53 bits per heavy atom. The van der Waals surface area contributed by atoms with Gasteiger partial charge in [0.2, 0.25) is 0 Å². The van der Waals surface area contributed by atoms with Crippen molar-refractivity contribution in [2.75, 3.05) is 26.7 Å². The summed E-state index contributed by atoms with van der Waals surface area (Å²) in [5.74, 6) is 0. The van der Waals surface area contributed by atoms with Crippen molar-refractivity contribution >= 4 is 11.3 Å². The van der Waals surface area contributed by atoms with Crippen LogP contribution in [0.2, 0.25) is 0 Å². The van der Waals surface area contributed by atoms with Gasteiger partial charge in [0.25, 0.3) is 0 Å². The smallest absolute Gasteiger partial charge is 0.110 e. The average Bonchev–Trinajstić information content (AvgIpc) is 2.85. The van der Waals surface area contributed by atoms with E-state index in [-0.39, 0.29) is 0 Å². The summed E-state index contributed by atoms with van der Waals surface area (Å²) in [6.45, 7) is 5.69. The van der Waals surface area contributed by atoms with Gasteiger partial charge in [-0.1, -0.05) is 13.3 Å². The van der Waals surface area contributed by atoms with E-state index in [0.717, 1.165) is 19.5 Å². The lowest BCUT2D eigenvalue weighted by atomic mass is 10.0. The molecule has 0 aromatic carbocycles. The molecule has 1 saturated heterocycles. The Kier molecular flexibility index (Phi) is 4.95. The molecule has 3 nitrogen and oxygen atoms in total. The van der Waals surface area contributed by atoms with E-state index < -0.39 is 0 Å². The Morgan fingerprint density at radius 2 is 2.41 bits per heavy atom. The first-order valence-corrected chi connectivity index (χ1v) is 7.50. The fourth-order valence-electron chi connectivity index (χ4n) is 2.49. The standard InChI is InChI=1S/C13H23N3S/c1-3-16-9-5-4-6-12(16)13-15-10-11(17-13)7-8-14-2/h10,12,14H,3-9H2,1-2H3. The van der Waals surface area contributed by atoms with Gasteiger partial charge in [0, 0.05) is 11.1 Å². The molecule has 4 heteroatoms. The van der Waals surface area contributed by atoms with Crippen molar-refractivity contribution in [3.05, 3.63) is 16.1 Å². The van der Waals surface area contributed by atoms with Crippen LogP contribution in [0.5, 0.6) is 0 Å². The van der Waals surface area contributed by atoms with E-state index in [4.69, 9.17) is 0 Å². The molecule has 96 valence electrons. The van der Waals surface area contributed by atoms with Gasteiger partial charge in [-0.3, -0.25) is 4.90 Å².